The Morgan fingerprint density at radius 3 is 1.76 bits per heavy atom. The van der Waals surface area contributed by atoms with Crippen LogP contribution in [0.1, 0.15) is 58.9 Å². The van der Waals surface area contributed by atoms with E-state index in [1.165, 1.54) is 0 Å². The molecule has 0 radical (unpaired) electrons. The molecule has 5 nitrogen and oxygen atoms in total. The first-order valence-electron chi connectivity index (χ1n) is 9.08. The third-order valence-electron chi connectivity index (χ3n) is 4.02. The molecule has 0 heterocycles. The van der Waals surface area contributed by atoms with Crippen molar-refractivity contribution in [2.24, 2.45) is 0 Å². The fourth-order valence-corrected chi connectivity index (χ4v) is 2.28. The second-order valence-electron chi connectivity index (χ2n) is 6.06. The van der Waals surface area contributed by atoms with Crippen LogP contribution in [0.2, 0.25) is 0 Å². The van der Waals surface area contributed by atoms with Crippen LogP contribution in [0.4, 0.5) is 0 Å². The van der Waals surface area contributed by atoms with Crippen molar-refractivity contribution in [3.8, 4) is 5.75 Å². The van der Waals surface area contributed by atoms with Gasteiger partial charge in [0.2, 0.25) is 0 Å². The van der Waals surface area contributed by atoms with Crippen molar-refractivity contribution in [2.75, 3.05) is 19.8 Å². The monoisotopic (exact) mass is 350 g/mol. The number of carbonyl (C=O) groups is 2. The zero-order valence-corrected chi connectivity index (χ0v) is 15.8. The van der Waals surface area contributed by atoms with Crippen LogP contribution in [0.25, 0.3) is 0 Å². The Balaban J connectivity index is 3.03. The lowest BCUT2D eigenvalue weighted by Gasteiger charge is -2.26. The van der Waals surface area contributed by atoms with Crippen molar-refractivity contribution < 1.29 is 23.8 Å². The topological polar surface area (TPSA) is 61.8 Å². The fourth-order valence-electron chi connectivity index (χ4n) is 2.28. The Bertz CT molecular complexity index is 514. The molecule has 0 aromatic heterocycles. The highest BCUT2D eigenvalue weighted by atomic mass is 16.6. The van der Waals surface area contributed by atoms with Gasteiger partial charge in [-0.05, 0) is 44.4 Å². The highest BCUT2D eigenvalue weighted by molar-refractivity contribution is 6.05. The van der Waals surface area contributed by atoms with Crippen molar-refractivity contribution in [3.05, 3.63) is 29.8 Å². The first-order chi connectivity index (χ1) is 12.0. The van der Waals surface area contributed by atoms with Crippen LogP contribution in [-0.4, -0.2) is 31.8 Å². The summed E-state index contributed by atoms with van der Waals surface area (Å²) >= 11 is 0. The molecule has 0 aliphatic heterocycles. The van der Waals surface area contributed by atoms with E-state index in [0.29, 0.717) is 31.1 Å². The van der Waals surface area contributed by atoms with Crippen LogP contribution < -0.4 is 4.74 Å². The molecule has 0 saturated carbocycles. The van der Waals surface area contributed by atoms with Crippen molar-refractivity contribution >= 4 is 11.9 Å². The summed E-state index contributed by atoms with van der Waals surface area (Å²) in [6.45, 7) is 8.62. The molecule has 0 atom stereocenters. The van der Waals surface area contributed by atoms with Crippen LogP contribution in [0.15, 0.2) is 24.3 Å². The number of ether oxygens (including phenoxy) is 3. The van der Waals surface area contributed by atoms with Gasteiger partial charge < -0.3 is 14.2 Å². The summed E-state index contributed by atoms with van der Waals surface area (Å²) in [5.74, 6) is -0.467. The van der Waals surface area contributed by atoms with E-state index in [4.69, 9.17) is 14.2 Å². The lowest BCUT2D eigenvalue weighted by Crippen LogP contribution is -2.43. The van der Waals surface area contributed by atoms with Gasteiger partial charge in [0.1, 0.15) is 5.75 Å². The maximum absolute atomic E-state index is 12.7. The minimum Gasteiger partial charge on any atom is -0.494 e. The van der Waals surface area contributed by atoms with Crippen LogP contribution in [0.3, 0.4) is 0 Å². The molecule has 0 unspecified atom stereocenters. The van der Waals surface area contributed by atoms with E-state index >= 15 is 0 Å². The van der Waals surface area contributed by atoms with E-state index < -0.39 is 17.4 Å². The van der Waals surface area contributed by atoms with Crippen LogP contribution >= 0.6 is 0 Å². The van der Waals surface area contributed by atoms with Gasteiger partial charge in [-0.15, -0.1) is 0 Å². The SMILES string of the molecule is CCCCOC(=O)C(C)(C(=O)OCCCC)c1ccc(OCC)cc1. The molecule has 1 aromatic carbocycles. The molecule has 0 amide bonds. The second kappa shape index (κ2) is 10.7. The lowest BCUT2D eigenvalue weighted by molar-refractivity contribution is -0.164. The Hall–Kier alpha value is -2.04. The van der Waals surface area contributed by atoms with E-state index in [9.17, 15) is 9.59 Å². The van der Waals surface area contributed by atoms with Gasteiger partial charge in [-0.25, -0.2) is 0 Å². The van der Waals surface area contributed by atoms with Gasteiger partial charge in [0, 0.05) is 0 Å². The zero-order chi connectivity index (χ0) is 18.7. The van der Waals surface area contributed by atoms with E-state index in [1.807, 2.05) is 20.8 Å². The summed E-state index contributed by atoms with van der Waals surface area (Å²) in [7, 11) is 0. The zero-order valence-electron chi connectivity index (χ0n) is 15.8. The van der Waals surface area contributed by atoms with E-state index in [-0.39, 0.29) is 0 Å². The normalized spacial score (nSPS) is 11.0. The molecule has 140 valence electrons. The molecule has 25 heavy (non-hydrogen) atoms. The van der Waals surface area contributed by atoms with Crippen LogP contribution in [0.5, 0.6) is 5.75 Å². The number of hydrogen-bond acceptors (Lipinski definition) is 5. The summed E-state index contributed by atoms with van der Waals surface area (Å²) in [4.78, 5) is 25.3. The minimum atomic E-state index is -1.48. The average molecular weight is 350 g/mol. The van der Waals surface area contributed by atoms with Gasteiger partial charge in [0.25, 0.3) is 0 Å². The molecule has 0 N–H and O–H groups in total. The first-order valence-corrected chi connectivity index (χ1v) is 9.08. The standard InChI is InChI=1S/C20H30O5/c1-5-8-14-24-18(21)20(4,19(22)25-15-9-6-2)16-10-12-17(13-11-16)23-7-3/h10-13H,5-9,14-15H2,1-4H3. The number of unbranched alkanes of at least 4 members (excludes halogenated alkanes) is 2. The molecule has 0 spiro atoms. The number of rotatable bonds is 11. The minimum absolute atomic E-state index is 0.296. The van der Waals surface area contributed by atoms with Gasteiger partial charge in [0.05, 0.1) is 19.8 Å². The van der Waals surface area contributed by atoms with E-state index in [0.717, 1.165) is 25.7 Å². The predicted octanol–water partition coefficient (Wildman–Crippen LogP) is 4.03. The second-order valence-corrected chi connectivity index (χ2v) is 6.06. The lowest BCUT2D eigenvalue weighted by atomic mass is 9.82. The van der Waals surface area contributed by atoms with E-state index in [1.54, 1.807) is 31.2 Å². The summed E-state index contributed by atoms with van der Waals surface area (Å²) < 4.78 is 16.1. The van der Waals surface area contributed by atoms with Crippen LogP contribution in [-0.2, 0) is 24.5 Å². The average Bonchev–Trinajstić information content (AvgIpc) is 2.62. The highest BCUT2D eigenvalue weighted by Crippen LogP contribution is 2.29. The quantitative estimate of drug-likeness (QED) is 0.342. The van der Waals surface area contributed by atoms with Gasteiger partial charge >= 0.3 is 11.9 Å². The summed E-state index contributed by atoms with van der Waals surface area (Å²) in [6, 6.07) is 6.92. The smallest absolute Gasteiger partial charge is 0.327 e. The molecule has 1 aromatic rings. The molecule has 0 bridgehead atoms. The molecule has 1 rings (SSSR count). The van der Waals surface area contributed by atoms with Crippen molar-refractivity contribution in [1.29, 1.82) is 0 Å². The highest BCUT2D eigenvalue weighted by Gasteiger charge is 2.46. The fraction of sp³-hybridized carbons (Fsp3) is 0.600. The predicted molar refractivity (Wildman–Crippen MR) is 96.7 cm³/mol. The molecular weight excluding hydrogens is 320 g/mol. The van der Waals surface area contributed by atoms with E-state index in [2.05, 4.69) is 0 Å². The molecule has 0 aliphatic rings. The van der Waals surface area contributed by atoms with Gasteiger partial charge in [-0.2, -0.15) is 0 Å². The number of carbonyl (C=O) groups excluding carboxylic acids is 2. The van der Waals surface area contributed by atoms with Gasteiger partial charge in [-0.1, -0.05) is 38.8 Å². The molecule has 5 heteroatoms. The molecule has 0 aliphatic carbocycles. The first kappa shape index (κ1) is 21.0. The number of esters is 2. The largest absolute Gasteiger partial charge is 0.494 e. The van der Waals surface area contributed by atoms with Crippen molar-refractivity contribution in [1.82, 2.24) is 0 Å². The maximum atomic E-state index is 12.7. The summed E-state index contributed by atoms with van der Waals surface area (Å²) in [5.41, 5.74) is -0.939. The van der Waals surface area contributed by atoms with Crippen molar-refractivity contribution in [2.45, 2.75) is 58.8 Å². The Kier molecular flexibility index (Phi) is 9.03. The van der Waals surface area contributed by atoms with Crippen molar-refractivity contribution in [3.63, 3.8) is 0 Å². The van der Waals surface area contributed by atoms with Crippen LogP contribution in [0, 0.1) is 0 Å². The summed E-state index contributed by atoms with van der Waals surface area (Å²) in [5, 5.41) is 0. The third kappa shape index (κ3) is 5.76. The van der Waals surface area contributed by atoms with Gasteiger partial charge in [-0.3, -0.25) is 9.59 Å². The number of hydrogen-bond donors (Lipinski definition) is 0. The third-order valence-corrected chi connectivity index (χ3v) is 4.02. The molecule has 0 fully saturated rings. The Morgan fingerprint density at radius 1 is 0.880 bits per heavy atom. The summed E-state index contributed by atoms with van der Waals surface area (Å²) in [6.07, 6.45) is 3.34. The maximum Gasteiger partial charge on any atom is 0.327 e. The van der Waals surface area contributed by atoms with Gasteiger partial charge in [0.15, 0.2) is 5.41 Å². The molecule has 0 saturated heterocycles. The number of benzene rings is 1. The molecular formula is C20H30O5. The Labute approximate surface area is 150 Å². The Morgan fingerprint density at radius 2 is 1.36 bits per heavy atom.